The standard InChI is InChI=1S/C14H26N2O/c1-17-12-3-2-6-16(8-12)9-13-10-4-5-11(7-10)14(13)15/h10-14H,2-9,15H2,1H3. The van der Waals surface area contributed by atoms with Gasteiger partial charge in [0.05, 0.1) is 6.10 Å². The summed E-state index contributed by atoms with van der Waals surface area (Å²) in [6.07, 6.45) is 7.21. The van der Waals surface area contributed by atoms with Crippen molar-refractivity contribution in [3.8, 4) is 0 Å². The Hall–Kier alpha value is -0.120. The number of fused-ring (bicyclic) bond motifs is 2. The van der Waals surface area contributed by atoms with Crippen molar-refractivity contribution in [2.45, 2.75) is 44.2 Å². The van der Waals surface area contributed by atoms with Gasteiger partial charge in [-0.25, -0.2) is 0 Å². The summed E-state index contributed by atoms with van der Waals surface area (Å²) in [6.45, 7) is 3.60. The molecule has 0 amide bonds. The van der Waals surface area contributed by atoms with E-state index in [1.165, 1.54) is 45.2 Å². The Labute approximate surface area is 105 Å². The summed E-state index contributed by atoms with van der Waals surface area (Å²) < 4.78 is 5.50. The molecule has 0 aromatic carbocycles. The number of nitrogens with two attached hydrogens (primary N) is 1. The number of hydrogen-bond donors (Lipinski definition) is 1. The second-order valence-corrected chi connectivity index (χ2v) is 6.33. The van der Waals surface area contributed by atoms with Crippen LogP contribution in [0.15, 0.2) is 0 Å². The Morgan fingerprint density at radius 3 is 2.76 bits per heavy atom. The first kappa shape index (κ1) is 11.9. The molecule has 5 atom stereocenters. The van der Waals surface area contributed by atoms with E-state index in [1.54, 1.807) is 0 Å². The number of rotatable bonds is 3. The fraction of sp³-hybridized carbons (Fsp3) is 1.00. The van der Waals surface area contributed by atoms with Gasteiger partial charge in [-0.1, -0.05) is 0 Å². The first-order valence-corrected chi connectivity index (χ1v) is 7.28. The molecule has 3 nitrogen and oxygen atoms in total. The van der Waals surface area contributed by atoms with Crippen LogP contribution in [0, 0.1) is 17.8 Å². The fourth-order valence-electron chi connectivity index (χ4n) is 4.40. The van der Waals surface area contributed by atoms with Crippen LogP contribution in [0.25, 0.3) is 0 Å². The minimum absolute atomic E-state index is 0.457. The molecule has 3 aliphatic rings. The molecule has 1 saturated heterocycles. The number of methoxy groups -OCH3 is 1. The summed E-state index contributed by atoms with van der Waals surface area (Å²) in [4.78, 5) is 2.60. The number of ether oxygens (including phenoxy) is 1. The van der Waals surface area contributed by atoms with Crippen LogP contribution in [0.3, 0.4) is 0 Å². The lowest BCUT2D eigenvalue weighted by atomic mass is 9.84. The van der Waals surface area contributed by atoms with Gasteiger partial charge in [-0.05, 0) is 56.4 Å². The van der Waals surface area contributed by atoms with E-state index in [2.05, 4.69) is 4.90 Å². The quantitative estimate of drug-likeness (QED) is 0.809. The van der Waals surface area contributed by atoms with Crippen LogP contribution < -0.4 is 5.73 Å². The number of likely N-dealkylation sites (tertiary alicyclic amines) is 1. The van der Waals surface area contributed by atoms with Crippen molar-refractivity contribution < 1.29 is 4.74 Å². The zero-order valence-corrected chi connectivity index (χ0v) is 11.0. The lowest BCUT2D eigenvalue weighted by molar-refractivity contribution is 0.0209. The van der Waals surface area contributed by atoms with E-state index in [0.29, 0.717) is 12.1 Å². The highest BCUT2D eigenvalue weighted by Gasteiger charge is 2.46. The molecule has 2 bridgehead atoms. The minimum Gasteiger partial charge on any atom is -0.380 e. The van der Waals surface area contributed by atoms with Crippen molar-refractivity contribution in [3.05, 3.63) is 0 Å². The van der Waals surface area contributed by atoms with E-state index in [9.17, 15) is 0 Å². The van der Waals surface area contributed by atoms with E-state index in [-0.39, 0.29) is 0 Å². The first-order chi connectivity index (χ1) is 8.28. The molecule has 0 aromatic rings. The van der Waals surface area contributed by atoms with E-state index in [4.69, 9.17) is 10.5 Å². The summed E-state index contributed by atoms with van der Waals surface area (Å²) in [6, 6.07) is 0.483. The molecule has 2 saturated carbocycles. The summed E-state index contributed by atoms with van der Waals surface area (Å²) in [5.41, 5.74) is 6.39. The van der Waals surface area contributed by atoms with Gasteiger partial charge in [0, 0.05) is 26.2 Å². The first-order valence-electron chi connectivity index (χ1n) is 7.28. The Kier molecular flexibility index (Phi) is 3.42. The second-order valence-electron chi connectivity index (χ2n) is 6.33. The molecular weight excluding hydrogens is 212 g/mol. The van der Waals surface area contributed by atoms with Gasteiger partial charge in [0.15, 0.2) is 0 Å². The van der Waals surface area contributed by atoms with Crippen LogP contribution in [-0.4, -0.2) is 43.8 Å². The van der Waals surface area contributed by atoms with Crippen molar-refractivity contribution >= 4 is 0 Å². The Morgan fingerprint density at radius 1 is 1.24 bits per heavy atom. The van der Waals surface area contributed by atoms with Gasteiger partial charge in [-0.15, -0.1) is 0 Å². The maximum absolute atomic E-state index is 6.39. The summed E-state index contributed by atoms with van der Waals surface area (Å²) in [5.74, 6) is 2.54. The van der Waals surface area contributed by atoms with Crippen molar-refractivity contribution in [2.75, 3.05) is 26.7 Å². The average Bonchev–Trinajstić information content (AvgIpc) is 2.93. The lowest BCUT2D eigenvalue weighted by Crippen LogP contribution is -2.47. The highest BCUT2D eigenvalue weighted by Crippen LogP contribution is 2.47. The molecule has 3 rings (SSSR count). The van der Waals surface area contributed by atoms with Gasteiger partial charge in [0.2, 0.25) is 0 Å². The molecule has 0 spiro atoms. The highest BCUT2D eigenvalue weighted by atomic mass is 16.5. The van der Waals surface area contributed by atoms with Crippen LogP contribution in [-0.2, 0) is 4.74 Å². The lowest BCUT2D eigenvalue weighted by Gasteiger charge is -2.37. The normalized spacial score (nSPS) is 46.6. The Morgan fingerprint density at radius 2 is 2.06 bits per heavy atom. The minimum atomic E-state index is 0.457. The van der Waals surface area contributed by atoms with E-state index >= 15 is 0 Å². The van der Waals surface area contributed by atoms with E-state index < -0.39 is 0 Å². The highest BCUT2D eigenvalue weighted by molar-refractivity contribution is 5.00. The summed E-state index contributed by atoms with van der Waals surface area (Å²) in [5, 5.41) is 0. The predicted molar refractivity (Wildman–Crippen MR) is 68.8 cm³/mol. The molecular formula is C14H26N2O. The molecule has 17 heavy (non-hydrogen) atoms. The molecule has 0 aromatic heterocycles. The van der Waals surface area contributed by atoms with Crippen molar-refractivity contribution in [1.29, 1.82) is 0 Å². The molecule has 3 heteroatoms. The number of piperidine rings is 1. The maximum atomic E-state index is 6.39. The third kappa shape index (κ3) is 2.25. The van der Waals surface area contributed by atoms with Crippen LogP contribution >= 0.6 is 0 Å². The molecule has 0 radical (unpaired) electrons. The molecule has 1 heterocycles. The second kappa shape index (κ2) is 4.87. The Bertz CT molecular complexity index is 269. The van der Waals surface area contributed by atoms with Crippen molar-refractivity contribution in [3.63, 3.8) is 0 Å². The number of hydrogen-bond acceptors (Lipinski definition) is 3. The topological polar surface area (TPSA) is 38.5 Å². The zero-order chi connectivity index (χ0) is 11.8. The third-order valence-electron chi connectivity index (χ3n) is 5.42. The van der Waals surface area contributed by atoms with Gasteiger partial charge in [-0.2, -0.15) is 0 Å². The van der Waals surface area contributed by atoms with Crippen LogP contribution in [0.5, 0.6) is 0 Å². The molecule has 5 unspecified atom stereocenters. The molecule has 2 aliphatic carbocycles. The average molecular weight is 238 g/mol. The zero-order valence-electron chi connectivity index (χ0n) is 11.0. The van der Waals surface area contributed by atoms with Crippen LogP contribution in [0.4, 0.5) is 0 Å². The molecule has 98 valence electrons. The van der Waals surface area contributed by atoms with Crippen molar-refractivity contribution in [2.24, 2.45) is 23.5 Å². The largest absolute Gasteiger partial charge is 0.380 e. The smallest absolute Gasteiger partial charge is 0.0698 e. The van der Waals surface area contributed by atoms with Crippen molar-refractivity contribution in [1.82, 2.24) is 4.90 Å². The fourth-order valence-corrected chi connectivity index (χ4v) is 4.40. The summed E-state index contributed by atoms with van der Waals surface area (Å²) >= 11 is 0. The van der Waals surface area contributed by atoms with Gasteiger partial charge in [0.25, 0.3) is 0 Å². The van der Waals surface area contributed by atoms with Gasteiger partial charge < -0.3 is 15.4 Å². The molecule has 1 aliphatic heterocycles. The van der Waals surface area contributed by atoms with Gasteiger partial charge >= 0.3 is 0 Å². The maximum Gasteiger partial charge on any atom is 0.0698 e. The third-order valence-corrected chi connectivity index (χ3v) is 5.42. The molecule has 2 N–H and O–H groups in total. The SMILES string of the molecule is COC1CCCN(CC2C3CCC(C3)C2N)C1. The Balaban J connectivity index is 1.56. The summed E-state index contributed by atoms with van der Waals surface area (Å²) in [7, 11) is 1.84. The molecule has 3 fully saturated rings. The van der Waals surface area contributed by atoms with Crippen LogP contribution in [0.1, 0.15) is 32.1 Å². The number of nitrogens with zero attached hydrogens (tertiary/aromatic N) is 1. The van der Waals surface area contributed by atoms with Gasteiger partial charge in [0.1, 0.15) is 0 Å². The van der Waals surface area contributed by atoms with Crippen LogP contribution in [0.2, 0.25) is 0 Å². The predicted octanol–water partition coefficient (Wildman–Crippen LogP) is 1.47. The van der Waals surface area contributed by atoms with E-state index in [1.807, 2.05) is 7.11 Å². The van der Waals surface area contributed by atoms with Gasteiger partial charge in [-0.3, -0.25) is 0 Å². The van der Waals surface area contributed by atoms with E-state index in [0.717, 1.165) is 24.3 Å². The monoisotopic (exact) mass is 238 g/mol.